The quantitative estimate of drug-likeness (QED) is 0.887. The Bertz CT molecular complexity index is 655. The number of aliphatic carboxylic acids is 1. The Labute approximate surface area is 147 Å². The summed E-state index contributed by atoms with van der Waals surface area (Å²) in [5.41, 5.74) is -0.494. The molecule has 0 bridgehead atoms. The van der Waals surface area contributed by atoms with Gasteiger partial charge >= 0.3 is 5.97 Å². The van der Waals surface area contributed by atoms with Gasteiger partial charge < -0.3 is 19.5 Å². The fraction of sp³-hybridized carbons (Fsp3) is 0.556. The van der Waals surface area contributed by atoms with Crippen LogP contribution in [0.25, 0.3) is 0 Å². The van der Waals surface area contributed by atoms with E-state index in [2.05, 4.69) is 11.8 Å². The predicted molar refractivity (Wildman–Crippen MR) is 90.6 cm³/mol. The van der Waals surface area contributed by atoms with Gasteiger partial charge in [-0.1, -0.05) is 19.1 Å². The smallest absolute Gasteiger partial charge is 0.328 e. The number of methoxy groups -OCH3 is 1. The molecule has 0 aliphatic carbocycles. The minimum absolute atomic E-state index is 0.0162. The number of carbonyl (C=O) groups excluding carboxylic acids is 1. The summed E-state index contributed by atoms with van der Waals surface area (Å²) >= 11 is 0. The molecule has 7 nitrogen and oxygen atoms in total. The highest BCUT2D eigenvalue weighted by atomic mass is 16.5. The number of rotatable bonds is 4. The van der Waals surface area contributed by atoms with E-state index in [9.17, 15) is 14.7 Å². The summed E-state index contributed by atoms with van der Waals surface area (Å²) < 4.78 is 11.2. The lowest BCUT2D eigenvalue weighted by molar-refractivity contribution is -0.143. The highest BCUT2D eigenvalue weighted by Crippen LogP contribution is 2.39. The fourth-order valence-electron chi connectivity index (χ4n) is 3.73. The Morgan fingerprint density at radius 1 is 1.32 bits per heavy atom. The van der Waals surface area contributed by atoms with Gasteiger partial charge in [0.1, 0.15) is 11.5 Å². The van der Waals surface area contributed by atoms with Crippen molar-refractivity contribution in [1.29, 1.82) is 0 Å². The van der Waals surface area contributed by atoms with Gasteiger partial charge in [0.25, 0.3) is 5.91 Å². The second-order valence-electron chi connectivity index (χ2n) is 6.42. The lowest BCUT2D eigenvalue weighted by atomic mass is 9.96. The molecule has 2 fully saturated rings. The number of carboxylic acid groups (broad SMARTS) is 1. The molecule has 1 atom stereocenters. The van der Waals surface area contributed by atoms with Crippen LogP contribution in [0.15, 0.2) is 24.3 Å². The molecule has 2 aliphatic heterocycles. The first kappa shape index (κ1) is 17.7. The Kier molecular flexibility index (Phi) is 4.96. The minimum atomic E-state index is -1.04. The second kappa shape index (κ2) is 7.01. The summed E-state index contributed by atoms with van der Waals surface area (Å²) in [7, 11) is 1.50. The highest BCUT2D eigenvalue weighted by molar-refractivity contribution is 5.99. The molecule has 2 heterocycles. The molecule has 0 aromatic heterocycles. The van der Waals surface area contributed by atoms with Crippen molar-refractivity contribution in [3.05, 3.63) is 29.8 Å². The van der Waals surface area contributed by atoms with Gasteiger partial charge in [0, 0.05) is 25.9 Å². The van der Waals surface area contributed by atoms with Crippen molar-refractivity contribution >= 4 is 11.9 Å². The largest absolute Gasteiger partial charge is 0.496 e. The molecule has 25 heavy (non-hydrogen) atoms. The first-order valence-corrected chi connectivity index (χ1v) is 8.58. The maximum atomic E-state index is 13.3. The molecule has 0 unspecified atom stereocenters. The summed E-state index contributed by atoms with van der Waals surface area (Å²) in [6.45, 7) is 4.59. The number of ether oxygens (including phenoxy) is 2. The lowest BCUT2D eigenvalue weighted by Gasteiger charge is -2.44. The SMILES string of the molecule is CCN1CCC2(CC1)OC[C@H](C(=O)O)N2C(=O)c1ccccc1OC. The summed E-state index contributed by atoms with van der Waals surface area (Å²) in [5.74, 6) is -0.963. The highest BCUT2D eigenvalue weighted by Gasteiger charge is 2.54. The zero-order valence-corrected chi connectivity index (χ0v) is 14.6. The molecule has 1 aromatic carbocycles. The lowest BCUT2D eigenvalue weighted by Crippen LogP contribution is -2.58. The van der Waals surface area contributed by atoms with Crippen LogP contribution in [0.2, 0.25) is 0 Å². The van der Waals surface area contributed by atoms with Crippen LogP contribution in [-0.4, -0.2) is 71.9 Å². The molecular formula is C18H24N2O5. The van der Waals surface area contributed by atoms with E-state index in [0.717, 1.165) is 19.6 Å². The number of carboxylic acids is 1. The third-order valence-corrected chi connectivity index (χ3v) is 5.19. The standard InChI is InChI=1S/C18H24N2O5/c1-3-19-10-8-18(9-11-19)20(14(12-25-18)17(22)23)16(21)13-6-4-5-7-15(13)24-2/h4-7,14H,3,8-12H2,1-2H3,(H,22,23)/t14-/m1/s1. The van der Waals surface area contributed by atoms with E-state index in [4.69, 9.17) is 9.47 Å². The Morgan fingerprint density at radius 2 is 2.00 bits per heavy atom. The molecule has 2 aliphatic rings. The number of amides is 1. The molecule has 2 saturated heterocycles. The average molecular weight is 348 g/mol. The van der Waals surface area contributed by atoms with E-state index >= 15 is 0 Å². The van der Waals surface area contributed by atoms with Crippen LogP contribution < -0.4 is 4.74 Å². The van der Waals surface area contributed by atoms with Gasteiger partial charge in [-0.25, -0.2) is 4.79 Å². The van der Waals surface area contributed by atoms with Crippen LogP contribution in [0, 0.1) is 0 Å². The maximum Gasteiger partial charge on any atom is 0.328 e. The van der Waals surface area contributed by atoms with E-state index in [0.29, 0.717) is 24.2 Å². The Morgan fingerprint density at radius 3 is 2.60 bits per heavy atom. The van der Waals surface area contributed by atoms with Crippen LogP contribution >= 0.6 is 0 Å². The van der Waals surface area contributed by atoms with Crippen LogP contribution in [-0.2, 0) is 9.53 Å². The number of hydrogen-bond acceptors (Lipinski definition) is 5. The van der Waals surface area contributed by atoms with E-state index in [1.54, 1.807) is 24.3 Å². The molecular weight excluding hydrogens is 324 g/mol. The average Bonchev–Trinajstić information content (AvgIpc) is 3.01. The molecule has 1 amide bonds. The molecule has 136 valence electrons. The van der Waals surface area contributed by atoms with Crippen molar-refractivity contribution in [3.8, 4) is 5.75 Å². The Hall–Kier alpha value is -2.12. The van der Waals surface area contributed by atoms with Gasteiger partial charge in [-0.05, 0) is 18.7 Å². The molecule has 3 rings (SSSR count). The van der Waals surface area contributed by atoms with E-state index in [1.165, 1.54) is 12.0 Å². The van der Waals surface area contributed by atoms with Crippen molar-refractivity contribution in [2.45, 2.75) is 31.5 Å². The van der Waals surface area contributed by atoms with Crippen molar-refractivity contribution < 1.29 is 24.2 Å². The molecule has 1 aromatic rings. The van der Waals surface area contributed by atoms with Crippen molar-refractivity contribution in [2.24, 2.45) is 0 Å². The van der Waals surface area contributed by atoms with Crippen LogP contribution in [0.3, 0.4) is 0 Å². The monoisotopic (exact) mass is 348 g/mol. The fourth-order valence-corrected chi connectivity index (χ4v) is 3.73. The van der Waals surface area contributed by atoms with Crippen LogP contribution in [0.5, 0.6) is 5.75 Å². The zero-order chi connectivity index (χ0) is 18.0. The number of likely N-dealkylation sites (tertiary alicyclic amines) is 1. The van der Waals surface area contributed by atoms with Crippen LogP contribution in [0.4, 0.5) is 0 Å². The van der Waals surface area contributed by atoms with Crippen molar-refractivity contribution in [1.82, 2.24) is 9.80 Å². The topological polar surface area (TPSA) is 79.3 Å². The molecule has 0 radical (unpaired) electrons. The zero-order valence-electron chi connectivity index (χ0n) is 14.6. The van der Waals surface area contributed by atoms with E-state index < -0.39 is 17.7 Å². The normalized spacial score (nSPS) is 23.0. The summed E-state index contributed by atoms with van der Waals surface area (Å²) in [6, 6.07) is 5.90. The first-order valence-electron chi connectivity index (χ1n) is 8.58. The van der Waals surface area contributed by atoms with Gasteiger partial charge in [0.2, 0.25) is 0 Å². The maximum absolute atomic E-state index is 13.3. The second-order valence-corrected chi connectivity index (χ2v) is 6.42. The Balaban J connectivity index is 1.95. The number of nitrogens with zero attached hydrogens (tertiary/aromatic N) is 2. The number of para-hydroxylation sites is 1. The van der Waals surface area contributed by atoms with Crippen molar-refractivity contribution in [3.63, 3.8) is 0 Å². The number of carbonyl (C=O) groups is 2. The third-order valence-electron chi connectivity index (χ3n) is 5.19. The van der Waals surface area contributed by atoms with Crippen molar-refractivity contribution in [2.75, 3.05) is 33.4 Å². The molecule has 1 spiro atoms. The molecule has 1 N–H and O–H groups in total. The van der Waals surface area contributed by atoms with Gasteiger partial charge in [0.15, 0.2) is 6.04 Å². The third kappa shape index (κ3) is 3.09. The van der Waals surface area contributed by atoms with Gasteiger partial charge in [-0.2, -0.15) is 0 Å². The number of piperidine rings is 1. The number of benzene rings is 1. The van der Waals surface area contributed by atoms with Gasteiger partial charge in [-0.15, -0.1) is 0 Å². The van der Waals surface area contributed by atoms with E-state index in [-0.39, 0.29) is 12.5 Å². The van der Waals surface area contributed by atoms with Crippen LogP contribution in [0.1, 0.15) is 30.1 Å². The van der Waals surface area contributed by atoms with E-state index in [1.807, 2.05) is 0 Å². The summed E-state index contributed by atoms with van der Waals surface area (Å²) in [6.07, 6.45) is 1.21. The molecule has 0 saturated carbocycles. The minimum Gasteiger partial charge on any atom is -0.496 e. The van der Waals surface area contributed by atoms with Gasteiger partial charge in [-0.3, -0.25) is 9.69 Å². The summed E-state index contributed by atoms with van der Waals surface area (Å²) in [5, 5.41) is 9.60. The summed E-state index contributed by atoms with van der Waals surface area (Å²) in [4.78, 5) is 28.7. The predicted octanol–water partition coefficient (Wildman–Crippen LogP) is 1.43. The first-order chi connectivity index (χ1) is 12.0. The number of hydrogen-bond donors (Lipinski definition) is 1. The molecule has 7 heteroatoms. The van der Waals surface area contributed by atoms with Gasteiger partial charge in [0.05, 0.1) is 19.3 Å².